The smallest absolute Gasteiger partial charge is 0.0795 e. The largest absolute Gasteiger partial charge is 0.305 e. The number of nitrogens with zero attached hydrogens (tertiary/aromatic N) is 2. The van der Waals surface area contributed by atoms with Gasteiger partial charge < -0.3 is 9.97 Å². The van der Waals surface area contributed by atoms with Crippen LogP contribution in [0.15, 0.2) is 103 Å². The molecule has 0 aliphatic heterocycles. The Morgan fingerprint density at radius 2 is 1.57 bits per heavy atom. The van der Waals surface area contributed by atoms with E-state index in [1.165, 1.54) is 34.7 Å². The summed E-state index contributed by atoms with van der Waals surface area (Å²) in [5.41, 5.74) is 5.31. The third kappa shape index (κ3) is 8.36. The number of pyridine rings is 2. The van der Waals surface area contributed by atoms with Crippen LogP contribution in [0.3, 0.4) is 0 Å². The minimum Gasteiger partial charge on any atom is -0.305 e. The summed E-state index contributed by atoms with van der Waals surface area (Å²) in [6.07, 6.45) is 1.98. The molecule has 0 bridgehead atoms. The number of aromatic nitrogens is 2. The van der Waals surface area contributed by atoms with Crippen molar-refractivity contribution in [2.75, 3.05) is 0 Å². The fourth-order valence-corrected chi connectivity index (χ4v) is 7.75. The van der Waals surface area contributed by atoms with Crippen molar-refractivity contribution in [2.24, 2.45) is 5.92 Å². The van der Waals surface area contributed by atoms with Gasteiger partial charge in [-0.2, -0.15) is 11.3 Å². The van der Waals surface area contributed by atoms with Crippen molar-refractivity contribution in [1.29, 1.82) is 0 Å². The third-order valence-electron chi connectivity index (χ3n) is 7.99. The van der Waals surface area contributed by atoms with Crippen molar-refractivity contribution in [2.45, 2.75) is 60.4 Å². The molecule has 0 aliphatic rings. The van der Waals surface area contributed by atoms with Crippen LogP contribution in [0.1, 0.15) is 51.2 Å². The maximum Gasteiger partial charge on any atom is 0.0795 e. The van der Waals surface area contributed by atoms with E-state index < -0.39 is 35.0 Å². The summed E-state index contributed by atoms with van der Waals surface area (Å²) in [6.45, 7) is 3.77. The number of hydrogen-bond acceptors (Lipinski definition) is 3. The van der Waals surface area contributed by atoms with Crippen LogP contribution in [-0.4, -0.2) is 18.0 Å². The molecule has 251 valence electrons. The standard InChI is InChI=1S/C29H26NS.C15H18NSi.Ir/c1-18(2)16-21-14-15-30-27(17-21)26-7-5-6-24-25-13-12-23(20(4)28(25)31-29(24)26)22-10-8-19(3)9-11-22;1-12-5-7-13(8-6-12)15-10-9-14(11-16-15)17(2,3)4;/h5-6,8-15,17-18H,16H2,1-4H3;5-7,9-11H,1-4H3;/q2*-1;/i3D3,4D3,16D2;1D3;. The Hall–Kier alpha value is -3.73. The van der Waals surface area contributed by atoms with Crippen molar-refractivity contribution in [3.63, 3.8) is 0 Å². The fourth-order valence-electron chi connectivity index (χ4n) is 5.46. The summed E-state index contributed by atoms with van der Waals surface area (Å²) in [5.74, 6) is -0.231. The van der Waals surface area contributed by atoms with E-state index in [-0.39, 0.29) is 37.2 Å². The van der Waals surface area contributed by atoms with Crippen LogP contribution in [0, 0.1) is 38.6 Å². The average molecular weight is 864 g/mol. The van der Waals surface area contributed by atoms with E-state index >= 15 is 0 Å². The second-order valence-corrected chi connectivity index (χ2v) is 19.1. The normalized spacial score (nSPS) is 15.8. The Morgan fingerprint density at radius 1 is 0.796 bits per heavy atom. The van der Waals surface area contributed by atoms with Gasteiger partial charge in [0, 0.05) is 52.3 Å². The van der Waals surface area contributed by atoms with Gasteiger partial charge in [-0.25, -0.2) is 0 Å². The maximum atomic E-state index is 8.52. The van der Waals surface area contributed by atoms with Gasteiger partial charge in [-0.3, -0.25) is 0 Å². The van der Waals surface area contributed by atoms with Crippen molar-refractivity contribution >= 4 is 44.8 Å². The van der Waals surface area contributed by atoms with Gasteiger partial charge >= 0.3 is 0 Å². The first-order chi connectivity index (χ1) is 27.4. The Labute approximate surface area is 326 Å². The van der Waals surface area contributed by atoms with Crippen LogP contribution in [0.4, 0.5) is 0 Å². The van der Waals surface area contributed by atoms with Gasteiger partial charge in [0.1, 0.15) is 0 Å². The zero-order chi connectivity index (χ0) is 43.3. The van der Waals surface area contributed by atoms with Gasteiger partial charge in [0.25, 0.3) is 0 Å². The molecule has 1 radical (unpaired) electrons. The van der Waals surface area contributed by atoms with E-state index in [1.807, 2.05) is 38.2 Å². The van der Waals surface area contributed by atoms with Gasteiger partial charge in [-0.05, 0) is 75.4 Å². The molecule has 3 heterocycles. The molecule has 7 rings (SSSR count). The fraction of sp³-hybridized carbons (Fsp3) is 0.227. The van der Waals surface area contributed by atoms with Gasteiger partial charge in [0.15, 0.2) is 0 Å². The van der Waals surface area contributed by atoms with Crippen molar-refractivity contribution in [3.8, 4) is 33.6 Å². The van der Waals surface area contributed by atoms with Gasteiger partial charge in [-0.1, -0.05) is 111 Å². The molecule has 2 nitrogen and oxygen atoms in total. The van der Waals surface area contributed by atoms with E-state index in [1.54, 1.807) is 54.7 Å². The van der Waals surface area contributed by atoms with Gasteiger partial charge in [0.05, 0.1) is 8.07 Å². The van der Waals surface area contributed by atoms with Crippen LogP contribution in [0.5, 0.6) is 0 Å². The molecular formula is C44H44IrN2SSi-2. The molecule has 0 N–H and O–H groups in total. The number of rotatable bonds is 6. The molecule has 49 heavy (non-hydrogen) atoms. The summed E-state index contributed by atoms with van der Waals surface area (Å²) in [5, 5.41) is 2.98. The molecule has 0 saturated carbocycles. The number of thiophene rings is 1. The molecule has 0 fully saturated rings. The maximum absolute atomic E-state index is 8.52. The Bertz CT molecular complexity index is 2540. The Balaban J connectivity index is 0.000000274. The predicted octanol–water partition coefficient (Wildman–Crippen LogP) is 11.8. The molecule has 0 spiro atoms. The quantitative estimate of drug-likeness (QED) is 0.123. The summed E-state index contributed by atoms with van der Waals surface area (Å²) < 4.78 is 88.6. The Morgan fingerprint density at radius 3 is 2.22 bits per heavy atom. The third-order valence-corrected chi connectivity index (χ3v) is 11.3. The second kappa shape index (κ2) is 15.4. The minimum absolute atomic E-state index is 0. The van der Waals surface area contributed by atoms with Crippen molar-refractivity contribution < 1.29 is 35.2 Å². The first-order valence-corrected chi connectivity index (χ1v) is 20.2. The molecule has 0 saturated heterocycles. The van der Waals surface area contributed by atoms with Crippen LogP contribution in [0.25, 0.3) is 53.8 Å². The topological polar surface area (TPSA) is 25.8 Å². The summed E-state index contributed by atoms with van der Waals surface area (Å²) in [4.78, 5) is 8.99. The first kappa shape index (κ1) is 24.4. The van der Waals surface area contributed by atoms with Crippen LogP contribution in [0.2, 0.25) is 19.6 Å². The Kier molecular flexibility index (Phi) is 7.69. The molecule has 4 aromatic carbocycles. The van der Waals surface area contributed by atoms with Crippen LogP contribution < -0.4 is 5.19 Å². The summed E-state index contributed by atoms with van der Waals surface area (Å²) in [6, 6.07) is 32.4. The molecular weight excluding hydrogens is 809 g/mol. The monoisotopic (exact) mass is 864 g/mol. The summed E-state index contributed by atoms with van der Waals surface area (Å²) in [7, 11) is -1.34. The molecule has 0 unspecified atom stereocenters. The number of aryl methyl sites for hydroxylation is 3. The van der Waals surface area contributed by atoms with E-state index in [4.69, 9.17) is 15.1 Å². The van der Waals surface area contributed by atoms with E-state index in [9.17, 15) is 0 Å². The zero-order valence-corrected chi connectivity index (χ0v) is 32.2. The van der Waals surface area contributed by atoms with E-state index in [0.717, 1.165) is 26.7 Å². The first-order valence-electron chi connectivity index (χ1n) is 21.3. The van der Waals surface area contributed by atoms with Crippen LogP contribution in [-0.2, 0) is 26.5 Å². The molecule has 7 aromatic rings. The molecule has 3 aromatic heterocycles. The number of benzene rings is 4. The van der Waals surface area contributed by atoms with Crippen molar-refractivity contribution in [3.05, 3.63) is 138 Å². The van der Waals surface area contributed by atoms with Crippen molar-refractivity contribution in [1.82, 2.24) is 9.97 Å². The average Bonchev–Trinajstić information content (AvgIpc) is 3.55. The second-order valence-electron chi connectivity index (χ2n) is 13.0. The molecule has 0 amide bonds. The molecule has 0 aliphatic carbocycles. The van der Waals surface area contributed by atoms with E-state index in [2.05, 4.69) is 47.8 Å². The summed E-state index contributed by atoms with van der Waals surface area (Å²) >= 11 is 1.36. The number of hydrogen-bond donors (Lipinski definition) is 0. The van der Waals surface area contributed by atoms with Gasteiger partial charge in [-0.15, -0.1) is 59.2 Å². The number of fused-ring (bicyclic) bond motifs is 3. The van der Waals surface area contributed by atoms with E-state index in [0.29, 0.717) is 38.2 Å². The zero-order valence-electron chi connectivity index (χ0n) is 39.0. The minimum atomic E-state index is -2.42. The SMILES string of the molecule is [2H]C([2H])([2H])c1c[c-]c(-c2ccc([Si](C)(C)C)cn2)cc1.[2H]C([2H])([2H])c1ccc(-c2ccc3c(sc4c(-c5cc(C([2H])([2H])C(C)C)ccn5)[c-]ccc43)c2C([2H])([2H])[2H])cc1.[Ir]. The molecule has 5 heteroatoms. The van der Waals surface area contributed by atoms with Gasteiger partial charge in [0.2, 0.25) is 0 Å². The molecule has 0 atom stereocenters. The van der Waals surface area contributed by atoms with Crippen LogP contribution >= 0.6 is 11.3 Å². The predicted molar refractivity (Wildman–Crippen MR) is 211 cm³/mol.